The lowest BCUT2D eigenvalue weighted by Gasteiger charge is -2.13. The van der Waals surface area contributed by atoms with Crippen molar-refractivity contribution in [2.24, 2.45) is 0 Å². The quantitative estimate of drug-likeness (QED) is 0.729. The second-order valence-corrected chi connectivity index (χ2v) is 6.01. The first-order valence-corrected chi connectivity index (χ1v) is 7.85. The Kier molecular flexibility index (Phi) is 4.20. The predicted octanol–water partition coefficient (Wildman–Crippen LogP) is 4.01. The van der Waals surface area contributed by atoms with Gasteiger partial charge in [-0.3, -0.25) is 4.79 Å². The zero-order valence-electron chi connectivity index (χ0n) is 13.8. The molecule has 0 saturated carbocycles. The lowest BCUT2D eigenvalue weighted by Crippen LogP contribution is -2.23. The van der Waals surface area contributed by atoms with Crippen LogP contribution in [-0.4, -0.2) is 11.2 Å². The third-order valence-corrected chi connectivity index (χ3v) is 4.00. The van der Waals surface area contributed by atoms with E-state index in [1.165, 1.54) is 11.1 Å². The van der Waals surface area contributed by atoms with Crippen molar-refractivity contribution >= 4 is 10.9 Å². The highest BCUT2D eigenvalue weighted by Gasteiger charge is 2.06. The third-order valence-electron chi connectivity index (χ3n) is 4.00. The number of aryl methyl sites for hydroxylation is 3. The van der Waals surface area contributed by atoms with Crippen LogP contribution in [0, 0.1) is 20.8 Å². The lowest BCUT2D eigenvalue weighted by molar-refractivity contribution is 0.298. The van der Waals surface area contributed by atoms with Crippen LogP contribution < -0.4 is 10.3 Å². The highest BCUT2D eigenvalue weighted by molar-refractivity contribution is 5.82. The van der Waals surface area contributed by atoms with E-state index < -0.39 is 0 Å². The van der Waals surface area contributed by atoms with Crippen LogP contribution in [0.1, 0.15) is 16.7 Å². The Morgan fingerprint density at radius 2 is 1.65 bits per heavy atom. The van der Waals surface area contributed by atoms with Gasteiger partial charge in [0.2, 0.25) is 0 Å². The largest absolute Gasteiger partial charge is 0.492 e. The summed E-state index contributed by atoms with van der Waals surface area (Å²) in [5.74, 6) is 0.854. The van der Waals surface area contributed by atoms with E-state index in [4.69, 9.17) is 4.74 Å². The average Bonchev–Trinajstić information content (AvgIpc) is 2.49. The van der Waals surface area contributed by atoms with Crippen molar-refractivity contribution in [1.29, 1.82) is 0 Å². The van der Waals surface area contributed by atoms with Crippen molar-refractivity contribution < 1.29 is 4.74 Å². The molecule has 0 aliphatic rings. The summed E-state index contributed by atoms with van der Waals surface area (Å²) in [6.45, 7) is 7.08. The molecule has 0 bridgehead atoms. The van der Waals surface area contributed by atoms with Gasteiger partial charge < -0.3 is 9.30 Å². The molecule has 0 amide bonds. The smallest absolute Gasteiger partial charge is 0.251 e. The van der Waals surface area contributed by atoms with Crippen molar-refractivity contribution in [3.8, 4) is 5.75 Å². The highest BCUT2D eigenvalue weighted by Crippen LogP contribution is 2.18. The second-order valence-electron chi connectivity index (χ2n) is 6.01. The standard InChI is InChI=1S/C20H21NO2/c1-14-10-15(2)12-17(11-14)23-9-8-21-19-7-5-4-6-18(19)16(3)13-20(21)22/h4-7,10-13H,8-9H2,1-3H3. The van der Waals surface area contributed by atoms with Crippen LogP contribution in [0.5, 0.6) is 5.75 Å². The summed E-state index contributed by atoms with van der Waals surface area (Å²) in [6, 6.07) is 15.8. The van der Waals surface area contributed by atoms with Crippen LogP contribution in [-0.2, 0) is 6.54 Å². The fourth-order valence-electron chi connectivity index (χ4n) is 3.00. The van der Waals surface area contributed by atoms with Crippen LogP contribution in [0.25, 0.3) is 10.9 Å². The Morgan fingerprint density at radius 1 is 0.957 bits per heavy atom. The molecule has 0 saturated heterocycles. The van der Waals surface area contributed by atoms with E-state index in [0.717, 1.165) is 22.2 Å². The summed E-state index contributed by atoms with van der Waals surface area (Å²) in [7, 11) is 0. The van der Waals surface area contributed by atoms with Gasteiger partial charge in [-0.05, 0) is 55.7 Å². The third kappa shape index (κ3) is 3.29. The molecule has 3 heteroatoms. The van der Waals surface area contributed by atoms with Gasteiger partial charge in [0.05, 0.1) is 12.1 Å². The molecule has 0 aliphatic carbocycles. The zero-order valence-corrected chi connectivity index (χ0v) is 13.8. The van der Waals surface area contributed by atoms with Crippen LogP contribution in [0.4, 0.5) is 0 Å². The van der Waals surface area contributed by atoms with Gasteiger partial charge in [0.15, 0.2) is 0 Å². The minimum Gasteiger partial charge on any atom is -0.492 e. The van der Waals surface area contributed by atoms with Crippen molar-refractivity contribution in [3.63, 3.8) is 0 Å². The van der Waals surface area contributed by atoms with Gasteiger partial charge >= 0.3 is 0 Å². The molecule has 23 heavy (non-hydrogen) atoms. The van der Waals surface area contributed by atoms with Gasteiger partial charge in [-0.1, -0.05) is 24.3 Å². The summed E-state index contributed by atoms with van der Waals surface area (Å²) in [5.41, 5.74) is 4.35. The number of ether oxygens (including phenoxy) is 1. The van der Waals surface area contributed by atoms with Crippen LogP contribution in [0.3, 0.4) is 0 Å². The average molecular weight is 307 g/mol. The lowest BCUT2D eigenvalue weighted by atomic mass is 10.1. The van der Waals surface area contributed by atoms with E-state index in [1.807, 2.05) is 43.3 Å². The van der Waals surface area contributed by atoms with Crippen LogP contribution in [0.2, 0.25) is 0 Å². The summed E-state index contributed by atoms with van der Waals surface area (Å²) < 4.78 is 7.63. The fourth-order valence-corrected chi connectivity index (χ4v) is 3.00. The first kappa shape index (κ1) is 15.3. The Morgan fingerprint density at radius 3 is 2.39 bits per heavy atom. The van der Waals surface area contributed by atoms with Gasteiger partial charge in [0.25, 0.3) is 5.56 Å². The zero-order chi connectivity index (χ0) is 16.4. The topological polar surface area (TPSA) is 31.2 Å². The maximum absolute atomic E-state index is 12.3. The molecule has 0 fully saturated rings. The van der Waals surface area contributed by atoms with E-state index in [1.54, 1.807) is 10.6 Å². The number of benzene rings is 2. The van der Waals surface area contributed by atoms with Gasteiger partial charge in [-0.25, -0.2) is 0 Å². The molecule has 1 aromatic heterocycles. The number of para-hydroxylation sites is 1. The number of pyridine rings is 1. The molecule has 0 N–H and O–H groups in total. The van der Waals surface area contributed by atoms with Gasteiger partial charge in [-0.2, -0.15) is 0 Å². The molecule has 3 nitrogen and oxygen atoms in total. The second kappa shape index (κ2) is 6.29. The van der Waals surface area contributed by atoms with E-state index in [2.05, 4.69) is 19.9 Å². The first-order chi connectivity index (χ1) is 11.0. The number of nitrogens with zero attached hydrogens (tertiary/aromatic N) is 1. The number of hydrogen-bond acceptors (Lipinski definition) is 2. The normalized spacial score (nSPS) is 10.9. The molecule has 3 aromatic rings. The maximum Gasteiger partial charge on any atom is 0.251 e. The Bertz CT molecular complexity index is 889. The number of fused-ring (bicyclic) bond motifs is 1. The molecular weight excluding hydrogens is 286 g/mol. The molecule has 3 rings (SSSR count). The fraction of sp³-hybridized carbons (Fsp3) is 0.250. The first-order valence-electron chi connectivity index (χ1n) is 7.85. The highest BCUT2D eigenvalue weighted by atomic mass is 16.5. The van der Waals surface area contributed by atoms with Crippen molar-refractivity contribution in [2.45, 2.75) is 27.3 Å². The number of rotatable bonds is 4. The summed E-state index contributed by atoms with van der Waals surface area (Å²) in [4.78, 5) is 12.3. The molecule has 0 aliphatic heterocycles. The SMILES string of the molecule is Cc1cc(C)cc(OCCn2c(=O)cc(C)c3ccccc32)c1. The molecule has 0 unspecified atom stereocenters. The maximum atomic E-state index is 12.3. The van der Waals surface area contributed by atoms with Crippen molar-refractivity contribution in [2.75, 3.05) is 6.61 Å². The molecule has 0 spiro atoms. The Hall–Kier alpha value is -2.55. The summed E-state index contributed by atoms with van der Waals surface area (Å²) in [5, 5.41) is 1.11. The minimum absolute atomic E-state index is 0.0187. The van der Waals surface area contributed by atoms with E-state index in [0.29, 0.717) is 13.2 Å². The minimum atomic E-state index is 0.0187. The molecule has 1 heterocycles. The van der Waals surface area contributed by atoms with Gasteiger partial charge in [-0.15, -0.1) is 0 Å². The Labute approximate surface area is 136 Å². The van der Waals surface area contributed by atoms with Crippen LogP contribution in [0.15, 0.2) is 53.3 Å². The summed E-state index contributed by atoms with van der Waals surface area (Å²) in [6.07, 6.45) is 0. The van der Waals surface area contributed by atoms with E-state index in [9.17, 15) is 4.79 Å². The predicted molar refractivity (Wildman–Crippen MR) is 94.4 cm³/mol. The van der Waals surface area contributed by atoms with Gasteiger partial charge in [0.1, 0.15) is 12.4 Å². The number of aromatic nitrogens is 1. The van der Waals surface area contributed by atoms with Crippen molar-refractivity contribution in [1.82, 2.24) is 4.57 Å². The van der Waals surface area contributed by atoms with Gasteiger partial charge in [0, 0.05) is 11.5 Å². The van der Waals surface area contributed by atoms with E-state index in [-0.39, 0.29) is 5.56 Å². The monoisotopic (exact) mass is 307 g/mol. The van der Waals surface area contributed by atoms with E-state index >= 15 is 0 Å². The van der Waals surface area contributed by atoms with Crippen molar-refractivity contribution in [3.05, 3.63) is 75.6 Å². The number of hydrogen-bond donors (Lipinski definition) is 0. The molecule has 0 atom stereocenters. The summed E-state index contributed by atoms with van der Waals surface area (Å²) >= 11 is 0. The molecular formula is C20H21NO2. The molecule has 2 aromatic carbocycles. The van der Waals surface area contributed by atoms with Crippen LogP contribution >= 0.6 is 0 Å². The Balaban J connectivity index is 1.83. The molecule has 0 radical (unpaired) electrons. The molecule has 118 valence electrons.